The minimum absolute atomic E-state index is 0.232. The van der Waals surface area contributed by atoms with Crippen LogP contribution in [-0.4, -0.2) is 19.7 Å². The van der Waals surface area contributed by atoms with Gasteiger partial charge in [0.15, 0.2) is 5.16 Å². The van der Waals surface area contributed by atoms with Crippen molar-refractivity contribution >= 4 is 17.7 Å². The van der Waals surface area contributed by atoms with E-state index in [1.54, 1.807) is 0 Å². The summed E-state index contributed by atoms with van der Waals surface area (Å²) in [7, 11) is 0. The molecule has 98 valence electrons. The zero-order chi connectivity index (χ0) is 13.3. The lowest BCUT2D eigenvalue weighted by Gasteiger charge is -2.10. The number of anilines is 1. The molecule has 0 bridgehead atoms. The second-order valence-electron chi connectivity index (χ2n) is 4.34. The van der Waals surface area contributed by atoms with Crippen LogP contribution in [0.4, 0.5) is 5.95 Å². The van der Waals surface area contributed by atoms with Crippen molar-refractivity contribution in [3.05, 3.63) is 17.3 Å². The van der Waals surface area contributed by atoms with E-state index in [-0.39, 0.29) is 6.04 Å². The van der Waals surface area contributed by atoms with Crippen LogP contribution in [0.1, 0.15) is 37.2 Å². The van der Waals surface area contributed by atoms with Gasteiger partial charge < -0.3 is 10.2 Å². The van der Waals surface area contributed by atoms with E-state index in [1.807, 2.05) is 32.3 Å². The number of aromatic nitrogens is 4. The third kappa shape index (κ3) is 2.50. The van der Waals surface area contributed by atoms with Gasteiger partial charge in [0.1, 0.15) is 5.76 Å². The highest BCUT2D eigenvalue weighted by atomic mass is 32.2. The van der Waals surface area contributed by atoms with Gasteiger partial charge in [0.25, 0.3) is 0 Å². The molecular weight excluding hydrogens is 250 g/mol. The smallest absolute Gasteiger partial charge is 0.222 e. The molecule has 6 nitrogen and oxygen atoms in total. The Hall–Kier alpha value is -1.50. The topological polar surface area (TPSA) is 82.8 Å². The molecule has 0 amide bonds. The number of aryl methyl sites for hydroxylation is 2. The van der Waals surface area contributed by atoms with Gasteiger partial charge in [-0.15, -0.1) is 10.2 Å². The summed E-state index contributed by atoms with van der Waals surface area (Å²) in [6.45, 7) is 7.93. The van der Waals surface area contributed by atoms with Crippen molar-refractivity contribution in [3.63, 3.8) is 0 Å². The van der Waals surface area contributed by atoms with Gasteiger partial charge in [-0.2, -0.15) is 0 Å². The number of thioether (sulfide) groups is 1. The molecule has 2 N–H and O–H groups in total. The van der Waals surface area contributed by atoms with E-state index < -0.39 is 0 Å². The van der Waals surface area contributed by atoms with Gasteiger partial charge >= 0.3 is 0 Å². The Bertz CT molecular complexity index is 526. The minimum Gasteiger partial charge on any atom is -0.445 e. The van der Waals surface area contributed by atoms with E-state index in [9.17, 15) is 0 Å². The molecule has 0 aromatic carbocycles. The molecule has 0 aliphatic carbocycles. The summed E-state index contributed by atoms with van der Waals surface area (Å²) in [5, 5.41) is 8.74. The minimum atomic E-state index is 0.232. The molecule has 0 unspecified atom stereocenters. The number of nitrogens with zero attached hydrogens (tertiary/aromatic N) is 4. The first-order chi connectivity index (χ1) is 8.49. The number of hydrogen-bond donors (Lipinski definition) is 1. The molecule has 2 rings (SSSR count). The van der Waals surface area contributed by atoms with Gasteiger partial charge in [0, 0.05) is 6.04 Å². The van der Waals surface area contributed by atoms with Gasteiger partial charge in [-0.3, -0.25) is 4.57 Å². The molecule has 2 aromatic rings. The Morgan fingerprint density at radius 2 is 2.06 bits per heavy atom. The fourth-order valence-corrected chi connectivity index (χ4v) is 2.52. The van der Waals surface area contributed by atoms with Crippen LogP contribution in [0.2, 0.25) is 0 Å². The summed E-state index contributed by atoms with van der Waals surface area (Å²) in [4.78, 5) is 4.33. The summed E-state index contributed by atoms with van der Waals surface area (Å²) in [5.41, 5.74) is 6.70. The molecule has 2 aromatic heterocycles. The van der Waals surface area contributed by atoms with E-state index in [0.29, 0.717) is 17.6 Å². The Labute approximate surface area is 110 Å². The molecule has 0 fully saturated rings. The molecule has 7 heteroatoms. The average Bonchev–Trinajstić information content (AvgIpc) is 2.80. The zero-order valence-corrected chi connectivity index (χ0v) is 11.8. The Morgan fingerprint density at radius 1 is 1.33 bits per heavy atom. The van der Waals surface area contributed by atoms with Crippen molar-refractivity contribution in [1.29, 1.82) is 0 Å². The quantitative estimate of drug-likeness (QED) is 0.856. The molecule has 0 atom stereocenters. The molecule has 0 spiro atoms. The average molecular weight is 267 g/mol. The fraction of sp³-hybridized carbons (Fsp3) is 0.545. The highest BCUT2D eigenvalue weighted by Gasteiger charge is 2.14. The maximum absolute atomic E-state index is 5.78. The molecule has 2 heterocycles. The van der Waals surface area contributed by atoms with E-state index in [2.05, 4.69) is 15.2 Å². The van der Waals surface area contributed by atoms with Crippen molar-refractivity contribution in [3.8, 4) is 0 Å². The van der Waals surface area contributed by atoms with Crippen LogP contribution in [0.15, 0.2) is 9.57 Å². The second-order valence-corrected chi connectivity index (χ2v) is 5.28. The lowest BCUT2D eigenvalue weighted by Crippen LogP contribution is -2.07. The molecule has 18 heavy (non-hydrogen) atoms. The number of nitrogen functional groups attached to an aromatic ring is 1. The largest absolute Gasteiger partial charge is 0.445 e. The third-order valence-corrected chi connectivity index (χ3v) is 3.53. The summed E-state index contributed by atoms with van der Waals surface area (Å²) in [5.74, 6) is 2.62. The Kier molecular flexibility index (Phi) is 3.60. The number of oxazole rings is 1. The van der Waals surface area contributed by atoms with E-state index in [0.717, 1.165) is 16.6 Å². The molecule has 0 radical (unpaired) electrons. The first-order valence-electron chi connectivity index (χ1n) is 5.75. The maximum Gasteiger partial charge on any atom is 0.222 e. The van der Waals surface area contributed by atoms with Gasteiger partial charge in [-0.05, 0) is 27.7 Å². The first-order valence-corrected chi connectivity index (χ1v) is 6.73. The Morgan fingerprint density at radius 3 is 2.61 bits per heavy atom. The highest BCUT2D eigenvalue weighted by molar-refractivity contribution is 7.98. The monoisotopic (exact) mass is 267 g/mol. The molecule has 0 aliphatic heterocycles. The number of hydrogen-bond acceptors (Lipinski definition) is 6. The van der Waals surface area contributed by atoms with Crippen molar-refractivity contribution in [2.24, 2.45) is 0 Å². The zero-order valence-electron chi connectivity index (χ0n) is 11.0. The van der Waals surface area contributed by atoms with E-state index in [4.69, 9.17) is 10.2 Å². The van der Waals surface area contributed by atoms with Gasteiger partial charge in [-0.25, -0.2) is 4.98 Å². The van der Waals surface area contributed by atoms with Gasteiger partial charge in [-0.1, -0.05) is 11.8 Å². The van der Waals surface area contributed by atoms with E-state index >= 15 is 0 Å². The molecule has 0 saturated heterocycles. The van der Waals surface area contributed by atoms with Crippen molar-refractivity contribution in [1.82, 2.24) is 19.7 Å². The van der Waals surface area contributed by atoms with Crippen molar-refractivity contribution < 1.29 is 4.42 Å². The van der Waals surface area contributed by atoms with E-state index in [1.165, 1.54) is 11.8 Å². The van der Waals surface area contributed by atoms with Crippen LogP contribution in [0.25, 0.3) is 0 Å². The van der Waals surface area contributed by atoms with Crippen molar-refractivity contribution in [2.45, 2.75) is 44.6 Å². The van der Waals surface area contributed by atoms with Crippen LogP contribution >= 0.6 is 11.8 Å². The predicted octanol–water partition coefficient (Wildman–Crippen LogP) is 2.34. The normalized spacial score (nSPS) is 11.4. The SMILES string of the molecule is Cc1nc(CSc2nnc(N)n2C(C)C)oc1C. The third-order valence-electron chi connectivity index (χ3n) is 2.60. The molecular formula is C11H17N5OS. The summed E-state index contributed by atoms with van der Waals surface area (Å²) < 4.78 is 7.42. The standard InChI is InChI=1S/C11H17N5OS/c1-6(2)16-10(12)14-15-11(16)18-5-9-13-7(3)8(4)17-9/h6H,5H2,1-4H3,(H2,12,14). The summed E-state index contributed by atoms with van der Waals surface area (Å²) in [6, 6.07) is 0.232. The Balaban J connectivity index is 2.11. The fourth-order valence-electron chi connectivity index (χ4n) is 1.60. The van der Waals surface area contributed by atoms with Gasteiger partial charge in [0.2, 0.25) is 11.8 Å². The summed E-state index contributed by atoms with van der Waals surface area (Å²) in [6.07, 6.45) is 0. The van der Waals surface area contributed by atoms with Gasteiger partial charge in [0.05, 0.1) is 11.4 Å². The lowest BCUT2D eigenvalue weighted by molar-refractivity contribution is 0.489. The van der Waals surface area contributed by atoms with Crippen LogP contribution in [0.5, 0.6) is 0 Å². The molecule has 0 aliphatic rings. The maximum atomic E-state index is 5.78. The summed E-state index contributed by atoms with van der Waals surface area (Å²) >= 11 is 1.52. The predicted molar refractivity (Wildman–Crippen MR) is 70.4 cm³/mol. The number of nitrogens with two attached hydrogens (primary N) is 1. The second kappa shape index (κ2) is 5.01. The molecule has 0 saturated carbocycles. The lowest BCUT2D eigenvalue weighted by atomic mass is 10.4. The van der Waals surface area contributed by atoms with Crippen LogP contribution < -0.4 is 5.73 Å². The van der Waals surface area contributed by atoms with Crippen LogP contribution in [0.3, 0.4) is 0 Å². The number of rotatable bonds is 4. The van der Waals surface area contributed by atoms with Crippen molar-refractivity contribution in [2.75, 3.05) is 5.73 Å². The van der Waals surface area contributed by atoms with Crippen LogP contribution in [-0.2, 0) is 5.75 Å². The first kappa shape index (κ1) is 12.9. The van der Waals surface area contributed by atoms with Crippen LogP contribution in [0, 0.1) is 13.8 Å². The highest BCUT2D eigenvalue weighted by Crippen LogP contribution is 2.25.